The van der Waals surface area contributed by atoms with Gasteiger partial charge in [0.05, 0.1) is 19.8 Å². The molecule has 6 nitrogen and oxygen atoms in total. The van der Waals surface area contributed by atoms with E-state index in [2.05, 4.69) is 15.4 Å². The molecule has 2 aromatic carbocycles. The summed E-state index contributed by atoms with van der Waals surface area (Å²) < 4.78 is 10.3. The standard InChI is InChI=1S/C19H20N2O4/c1-24-19(23)20-14-7-4-6-13(12-14)18(22)21-16-9-5-11-25-17-10-3-2-8-15(16)17/h2-4,6-8,10,12,16H,5,9,11H2,1H3,(H,20,23)(H,21,22)/t16-/m1/s1. The van der Waals surface area contributed by atoms with Gasteiger partial charge in [-0.15, -0.1) is 0 Å². The van der Waals surface area contributed by atoms with Crippen LogP contribution < -0.4 is 15.4 Å². The Morgan fingerprint density at radius 3 is 2.84 bits per heavy atom. The van der Waals surface area contributed by atoms with Crippen LogP contribution in [-0.2, 0) is 4.74 Å². The third-order valence-corrected chi connectivity index (χ3v) is 4.05. The molecule has 0 aliphatic carbocycles. The number of para-hydroxylation sites is 1. The molecule has 0 unspecified atom stereocenters. The molecule has 1 heterocycles. The Hall–Kier alpha value is -3.02. The molecule has 0 fully saturated rings. The monoisotopic (exact) mass is 340 g/mol. The van der Waals surface area contributed by atoms with Crippen LogP contribution in [0, 0.1) is 0 Å². The lowest BCUT2D eigenvalue weighted by molar-refractivity contribution is 0.0934. The third-order valence-electron chi connectivity index (χ3n) is 4.05. The summed E-state index contributed by atoms with van der Waals surface area (Å²) in [5.41, 5.74) is 1.96. The largest absolute Gasteiger partial charge is 0.493 e. The van der Waals surface area contributed by atoms with Crippen molar-refractivity contribution >= 4 is 17.7 Å². The van der Waals surface area contributed by atoms with E-state index in [4.69, 9.17) is 4.74 Å². The molecular formula is C19H20N2O4. The fraction of sp³-hybridized carbons (Fsp3) is 0.263. The quantitative estimate of drug-likeness (QED) is 0.896. The lowest BCUT2D eigenvalue weighted by atomic mass is 10.0. The Morgan fingerprint density at radius 1 is 1.16 bits per heavy atom. The first-order valence-corrected chi connectivity index (χ1v) is 8.15. The first kappa shape index (κ1) is 16.8. The molecule has 2 N–H and O–H groups in total. The van der Waals surface area contributed by atoms with Crippen molar-refractivity contribution in [2.45, 2.75) is 18.9 Å². The van der Waals surface area contributed by atoms with Crippen molar-refractivity contribution in [1.82, 2.24) is 5.32 Å². The van der Waals surface area contributed by atoms with E-state index in [0.717, 1.165) is 24.2 Å². The van der Waals surface area contributed by atoms with Crippen LogP contribution in [0.3, 0.4) is 0 Å². The summed E-state index contributed by atoms with van der Waals surface area (Å²) in [5.74, 6) is 0.613. The molecular weight excluding hydrogens is 320 g/mol. The highest BCUT2D eigenvalue weighted by Gasteiger charge is 2.21. The molecule has 6 heteroatoms. The molecule has 130 valence electrons. The smallest absolute Gasteiger partial charge is 0.411 e. The third kappa shape index (κ3) is 4.09. The van der Waals surface area contributed by atoms with Gasteiger partial charge < -0.3 is 14.8 Å². The van der Waals surface area contributed by atoms with Crippen LogP contribution in [0.4, 0.5) is 10.5 Å². The van der Waals surface area contributed by atoms with Crippen LogP contribution in [0.2, 0.25) is 0 Å². The molecule has 0 radical (unpaired) electrons. The molecule has 2 amide bonds. The zero-order valence-electron chi connectivity index (χ0n) is 14.0. The predicted octanol–water partition coefficient (Wildman–Crippen LogP) is 3.51. The fourth-order valence-corrected chi connectivity index (χ4v) is 2.82. The number of hydrogen-bond acceptors (Lipinski definition) is 4. The zero-order chi connectivity index (χ0) is 17.6. The van der Waals surface area contributed by atoms with Crippen LogP contribution in [0.25, 0.3) is 0 Å². The second kappa shape index (κ2) is 7.70. The number of carbonyl (C=O) groups excluding carboxylic acids is 2. The van der Waals surface area contributed by atoms with Gasteiger partial charge in [-0.1, -0.05) is 24.3 Å². The van der Waals surface area contributed by atoms with Gasteiger partial charge in [-0.2, -0.15) is 0 Å². The molecule has 25 heavy (non-hydrogen) atoms. The fourth-order valence-electron chi connectivity index (χ4n) is 2.82. The molecule has 2 aromatic rings. The minimum absolute atomic E-state index is 0.108. The Kier molecular flexibility index (Phi) is 5.18. The number of methoxy groups -OCH3 is 1. The molecule has 0 bridgehead atoms. The number of hydrogen-bond donors (Lipinski definition) is 2. The molecule has 0 aromatic heterocycles. The number of carbonyl (C=O) groups is 2. The van der Waals surface area contributed by atoms with Crippen LogP contribution in [0.5, 0.6) is 5.75 Å². The summed E-state index contributed by atoms with van der Waals surface area (Å²) in [4.78, 5) is 24.0. The summed E-state index contributed by atoms with van der Waals surface area (Å²) in [5, 5.41) is 5.62. The van der Waals surface area contributed by atoms with Crippen LogP contribution in [0.1, 0.15) is 34.8 Å². The number of benzene rings is 2. The Balaban J connectivity index is 1.76. The summed E-state index contributed by atoms with van der Waals surface area (Å²) in [6, 6.07) is 14.4. The van der Waals surface area contributed by atoms with Crippen molar-refractivity contribution in [1.29, 1.82) is 0 Å². The maximum absolute atomic E-state index is 12.6. The van der Waals surface area contributed by atoms with Crippen molar-refractivity contribution in [3.8, 4) is 5.75 Å². The molecule has 1 atom stereocenters. The number of nitrogens with one attached hydrogen (secondary N) is 2. The predicted molar refractivity (Wildman–Crippen MR) is 93.8 cm³/mol. The number of anilines is 1. The highest BCUT2D eigenvalue weighted by molar-refractivity contribution is 5.96. The van der Waals surface area contributed by atoms with Crippen LogP contribution in [0.15, 0.2) is 48.5 Å². The number of fused-ring (bicyclic) bond motifs is 1. The first-order valence-electron chi connectivity index (χ1n) is 8.15. The molecule has 1 aliphatic rings. The minimum atomic E-state index is -0.576. The van der Waals surface area contributed by atoms with Gasteiger partial charge >= 0.3 is 6.09 Å². The summed E-state index contributed by atoms with van der Waals surface area (Å²) in [7, 11) is 1.29. The maximum Gasteiger partial charge on any atom is 0.411 e. The Bertz CT molecular complexity index is 776. The van der Waals surface area contributed by atoms with Gasteiger partial charge in [0.25, 0.3) is 5.91 Å². The van der Waals surface area contributed by atoms with E-state index in [9.17, 15) is 9.59 Å². The van der Waals surface area contributed by atoms with E-state index < -0.39 is 6.09 Å². The topological polar surface area (TPSA) is 76.7 Å². The van der Waals surface area contributed by atoms with E-state index >= 15 is 0 Å². The minimum Gasteiger partial charge on any atom is -0.493 e. The maximum atomic E-state index is 12.6. The van der Waals surface area contributed by atoms with Gasteiger partial charge in [0.15, 0.2) is 0 Å². The normalized spacial score (nSPS) is 16.0. The van der Waals surface area contributed by atoms with E-state index in [0.29, 0.717) is 17.9 Å². The molecule has 0 saturated carbocycles. The average Bonchev–Trinajstić information content (AvgIpc) is 2.84. The summed E-state index contributed by atoms with van der Waals surface area (Å²) in [6.45, 7) is 0.641. The van der Waals surface area contributed by atoms with Crippen LogP contribution in [-0.4, -0.2) is 25.7 Å². The molecule has 0 spiro atoms. The van der Waals surface area contributed by atoms with Gasteiger partial charge in [-0.05, 0) is 37.1 Å². The van der Waals surface area contributed by atoms with Crippen molar-refractivity contribution in [2.75, 3.05) is 19.0 Å². The summed E-state index contributed by atoms with van der Waals surface area (Å²) in [6.07, 6.45) is 1.10. The second-order valence-corrected chi connectivity index (χ2v) is 5.75. The van der Waals surface area contributed by atoms with Crippen molar-refractivity contribution in [2.24, 2.45) is 0 Å². The van der Waals surface area contributed by atoms with Crippen molar-refractivity contribution < 1.29 is 19.1 Å². The SMILES string of the molecule is COC(=O)Nc1cccc(C(=O)N[C@@H]2CCCOc3ccccc32)c1. The Morgan fingerprint density at radius 2 is 2.00 bits per heavy atom. The van der Waals surface area contributed by atoms with Gasteiger partial charge in [-0.3, -0.25) is 10.1 Å². The first-order chi connectivity index (χ1) is 12.2. The van der Waals surface area contributed by atoms with E-state index in [-0.39, 0.29) is 11.9 Å². The van der Waals surface area contributed by atoms with Crippen molar-refractivity contribution in [3.05, 3.63) is 59.7 Å². The highest BCUT2D eigenvalue weighted by Crippen LogP contribution is 2.31. The number of amides is 2. The van der Waals surface area contributed by atoms with Gasteiger partial charge in [0.1, 0.15) is 5.75 Å². The van der Waals surface area contributed by atoms with E-state index in [1.165, 1.54) is 7.11 Å². The second-order valence-electron chi connectivity index (χ2n) is 5.75. The number of rotatable bonds is 3. The van der Waals surface area contributed by atoms with Gasteiger partial charge in [0.2, 0.25) is 0 Å². The number of ether oxygens (including phenoxy) is 2. The average molecular weight is 340 g/mol. The molecule has 1 aliphatic heterocycles. The Labute approximate surface area is 146 Å². The molecule has 3 rings (SSSR count). The van der Waals surface area contributed by atoms with Gasteiger partial charge in [-0.25, -0.2) is 4.79 Å². The molecule has 0 saturated heterocycles. The zero-order valence-corrected chi connectivity index (χ0v) is 14.0. The van der Waals surface area contributed by atoms with Crippen LogP contribution >= 0.6 is 0 Å². The van der Waals surface area contributed by atoms with Crippen molar-refractivity contribution in [3.63, 3.8) is 0 Å². The van der Waals surface area contributed by atoms with E-state index in [1.54, 1.807) is 24.3 Å². The lowest BCUT2D eigenvalue weighted by Crippen LogP contribution is -2.28. The van der Waals surface area contributed by atoms with Gasteiger partial charge in [0, 0.05) is 16.8 Å². The highest BCUT2D eigenvalue weighted by atomic mass is 16.5. The van der Waals surface area contributed by atoms with E-state index in [1.807, 2.05) is 24.3 Å². The lowest BCUT2D eigenvalue weighted by Gasteiger charge is -2.18. The summed E-state index contributed by atoms with van der Waals surface area (Å²) >= 11 is 0.